The molecule has 1 aromatic rings. The van der Waals surface area contributed by atoms with Crippen LogP contribution in [0.3, 0.4) is 0 Å². The van der Waals surface area contributed by atoms with Crippen LogP contribution in [0.2, 0.25) is 0 Å². The Morgan fingerprint density at radius 2 is 2.38 bits per heavy atom. The Morgan fingerprint density at radius 3 is 2.85 bits per heavy atom. The van der Waals surface area contributed by atoms with E-state index in [1.165, 1.54) is 7.11 Å². The molecular formula is C5H6N4O4. The van der Waals surface area contributed by atoms with Gasteiger partial charge < -0.3 is 4.74 Å². The predicted octanol–water partition coefficient (Wildman–Crippen LogP) is 0.194. The van der Waals surface area contributed by atoms with Crippen molar-refractivity contribution in [3.05, 3.63) is 16.4 Å². The Labute approximate surface area is 72.3 Å². The molecule has 0 unspecified atom stereocenters. The Kier molecular flexibility index (Phi) is 2.55. The zero-order valence-electron chi connectivity index (χ0n) is 6.59. The van der Waals surface area contributed by atoms with Crippen LogP contribution in [0, 0.1) is 10.1 Å². The van der Waals surface area contributed by atoms with Crippen LogP contribution in [0.4, 0.5) is 11.5 Å². The fourth-order valence-electron chi connectivity index (χ4n) is 0.758. The van der Waals surface area contributed by atoms with E-state index in [-0.39, 0.29) is 11.7 Å². The van der Waals surface area contributed by atoms with Crippen molar-refractivity contribution in [2.24, 2.45) is 0 Å². The largest absolute Gasteiger partial charge is 0.476 e. The molecule has 8 heteroatoms. The maximum atomic E-state index is 10.5. The fraction of sp³-hybridized carbons (Fsp3) is 0.200. The molecule has 0 saturated heterocycles. The Hall–Kier alpha value is -1.96. The summed E-state index contributed by atoms with van der Waals surface area (Å²) in [5.74, 6) is -0.520. The lowest BCUT2D eigenvalue weighted by molar-refractivity contribution is -0.385. The second-order valence-corrected chi connectivity index (χ2v) is 1.95. The highest BCUT2D eigenvalue weighted by molar-refractivity contribution is 5.59. The van der Waals surface area contributed by atoms with Crippen LogP contribution in [0.15, 0.2) is 6.33 Å². The van der Waals surface area contributed by atoms with E-state index in [1.54, 1.807) is 5.48 Å². The molecule has 1 rings (SSSR count). The first-order valence-electron chi connectivity index (χ1n) is 3.14. The maximum Gasteiger partial charge on any atom is 0.374 e. The Bertz CT molecular complexity index is 306. The lowest BCUT2D eigenvalue weighted by Crippen LogP contribution is -2.03. The van der Waals surface area contributed by atoms with Crippen molar-refractivity contribution < 1.29 is 14.9 Å². The van der Waals surface area contributed by atoms with Crippen LogP contribution in [-0.2, 0) is 0 Å². The van der Waals surface area contributed by atoms with E-state index in [1.807, 2.05) is 0 Å². The molecule has 0 aliphatic carbocycles. The summed E-state index contributed by atoms with van der Waals surface area (Å²) in [6.07, 6.45) is 1.03. The van der Waals surface area contributed by atoms with Crippen molar-refractivity contribution in [2.45, 2.75) is 0 Å². The standard InChI is InChI=1S/C5H6N4O4/c1-13-5-3(9(11)12)4(8-10)6-2-7-5/h2,10H,1H3,(H,6,7,8). The summed E-state index contributed by atoms with van der Waals surface area (Å²) in [5.41, 5.74) is 1.07. The number of nitrogens with one attached hydrogen (secondary N) is 1. The second kappa shape index (κ2) is 3.63. The van der Waals surface area contributed by atoms with Gasteiger partial charge in [0.25, 0.3) is 5.88 Å². The molecule has 0 radical (unpaired) electrons. The van der Waals surface area contributed by atoms with Crippen LogP contribution >= 0.6 is 0 Å². The highest BCUT2D eigenvalue weighted by Gasteiger charge is 2.23. The van der Waals surface area contributed by atoms with Gasteiger partial charge in [-0.2, -0.15) is 4.98 Å². The van der Waals surface area contributed by atoms with Crippen molar-refractivity contribution in [3.63, 3.8) is 0 Å². The Balaban J connectivity index is 3.29. The van der Waals surface area contributed by atoms with E-state index >= 15 is 0 Å². The van der Waals surface area contributed by atoms with Crippen LogP contribution < -0.4 is 10.2 Å². The highest BCUT2D eigenvalue weighted by Crippen LogP contribution is 2.29. The normalized spacial score (nSPS) is 9.38. The number of anilines is 1. The van der Waals surface area contributed by atoms with Gasteiger partial charge in [0.05, 0.1) is 12.0 Å². The van der Waals surface area contributed by atoms with Gasteiger partial charge in [0.2, 0.25) is 5.82 Å². The molecule has 0 bridgehead atoms. The molecule has 8 nitrogen and oxygen atoms in total. The molecule has 0 aliphatic rings. The van der Waals surface area contributed by atoms with Gasteiger partial charge in [-0.25, -0.2) is 10.5 Å². The van der Waals surface area contributed by atoms with Crippen molar-refractivity contribution in [3.8, 4) is 5.88 Å². The smallest absolute Gasteiger partial charge is 0.374 e. The number of hydrogen-bond acceptors (Lipinski definition) is 7. The van der Waals surface area contributed by atoms with E-state index in [9.17, 15) is 10.1 Å². The Morgan fingerprint density at radius 1 is 1.69 bits per heavy atom. The molecule has 13 heavy (non-hydrogen) atoms. The van der Waals surface area contributed by atoms with Gasteiger partial charge in [-0.3, -0.25) is 15.3 Å². The summed E-state index contributed by atoms with van der Waals surface area (Å²) < 4.78 is 4.61. The molecule has 1 aromatic heterocycles. The topological polar surface area (TPSA) is 110 Å². The number of nitro groups is 1. The van der Waals surface area contributed by atoms with Crippen LogP contribution in [0.25, 0.3) is 0 Å². The van der Waals surface area contributed by atoms with Crippen molar-refractivity contribution >= 4 is 11.5 Å². The minimum atomic E-state index is -0.753. The van der Waals surface area contributed by atoms with Gasteiger partial charge in [0, 0.05) is 0 Å². The fourth-order valence-corrected chi connectivity index (χ4v) is 0.758. The van der Waals surface area contributed by atoms with Crippen LogP contribution in [0.1, 0.15) is 0 Å². The van der Waals surface area contributed by atoms with Crippen molar-refractivity contribution in [1.82, 2.24) is 9.97 Å². The monoisotopic (exact) mass is 186 g/mol. The first-order valence-corrected chi connectivity index (χ1v) is 3.14. The molecule has 2 N–H and O–H groups in total. The SMILES string of the molecule is COc1ncnc(NO)c1[N+](=O)[O-]. The first kappa shape index (κ1) is 9.13. The number of ether oxygens (including phenoxy) is 1. The highest BCUT2D eigenvalue weighted by atomic mass is 16.6. The van der Waals surface area contributed by atoms with Crippen molar-refractivity contribution in [2.75, 3.05) is 12.6 Å². The lowest BCUT2D eigenvalue weighted by atomic mass is 10.5. The van der Waals surface area contributed by atoms with E-state index in [4.69, 9.17) is 5.21 Å². The van der Waals surface area contributed by atoms with E-state index < -0.39 is 10.6 Å². The molecule has 0 atom stereocenters. The molecule has 0 aliphatic heterocycles. The van der Waals surface area contributed by atoms with Crippen molar-refractivity contribution in [1.29, 1.82) is 0 Å². The molecule has 1 heterocycles. The number of rotatable bonds is 3. The maximum absolute atomic E-state index is 10.5. The summed E-state index contributed by atoms with van der Waals surface area (Å²) in [6, 6.07) is 0. The second-order valence-electron chi connectivity index (χ2n) is 1.95. The third-order valence-corrected chi connectivity index (χ3v) is 1.27. The molecule has 0 amide bonds. The minimum Gasteiger partial charge on any atom is -0.476 e. The van der Waals surface area contributed by atoms with Gasteiger partial charge in [0.15, 0.2) is 0 Å². The summed E-state index contributed by atoms with van der Waals surface area (Å²) in [4.78, 5) is 16.6. The van der Waals surface area contributed by atoms with E-state index in [2.05, 4.69) is 14.7 Å². The van der Waals surface area contributed by atoms with Crippen LogP contribution in [-0.4, -0.2) is 27.2 Å². The zero-order chi connectivity index (χ0) is 9.84. The molecule has 0 spiro atoms. The molecule has 0 fully saturated rings. The average molecular weight is 186 g/mol. The van der Waals surface area contributed by atoms with Crippen LogP contribution in [0.5, 0.6) is 5.88 Å². The summed E-state index contributed by atoms with van der Waals surface area (Å²) >= 11 is 0. The minimum absolute atomic E-state index is 0.212. The third-order valence-electron chi connectivity index (χ3n) is 1.27. The van der Waals surface area contributed by atoms with Gasteiger partial charge in [-0.05, 0) is 0 Å². The summed E-state index contributed by atoms with van der Waals surface area (Å²) in [5, 5.41) is 18.9. The summed E-state index contributed by atoms with van der Waals surface area (Å²) in [7, 11) is 1.23. The molecule has 0 aromatic carbocycles. The average Bonchev–Trinajstić information content (AvgIpc) is 2.16. The molecular weight excluding hydrogens is 180 g/mol. The zero-order valence-corrected chi connectivity index (χ0v) is 6.59. The van der Waals surface area contributed by atoms with Gasteiger partial charge in [0.1, 0.15) is 6.33 Å². The molecule has 0 saturated carbocycles. The van der Waals surface area contributed by atoms with E-state index in [0.717, 1.165) is 6.33 Å². The van der Waals surface area contributed by atoms with Gasteiger partial charge in [-0.1, -0.05) is 0 Å². The lowest BCUT2D eigenvalue weighted by Gasteiger charge is -2.02. The summed E-state index contributed by atoms with van der Waals surface area (Å²) in [6.45, 7) is 0. The number of nitrogens with zero attached hydrogens (tertiary/aromatic N) is 3. The first-order chi connectivity index (χ1) is 6.20. The van der Waals surface area contributed by atoms with E-state index in [0.29, 0.717) is 0 Å². The quantitative estimate of drug-likeness (QED) is 0.512. The van der Waals surface area contributed by atoms with Gasteiger partial charge >= 0.3 is 5.69 Å². The van der Waals surface area contributed by atoms with Gasteiger partial charge in [-0.15, -0.1) is 0 Å². The predicted molar refractivity (Wildman–Crippen MR) is 40.6 cm³/mol. The third kappa shape index (κ3) is 1.62. The number of methoxy groups -OCH3 is 1. The molecule has 70 valence electrons. The number of hydrogen-bond donors (Lipinski definition) is 2. The number of aromatic nitrogens is 2.